The Kier molecular flexibility index (Phi) is 13.2. The van der Waals surface area contributed by atoms with Gasteiger partial charge in [0.25, 0.3) is 0 Å². The third kappa shape index (κ3) is 9.54. The summed E-state index contributed by atoms with van der Waals surface area (Å²) in [5, 5.41) is 2.35. The van der Waals surface area contributed by atoms with Crippen molar-refractivity contribution in [3.63, 3.8) is 0 Å². The van der Waals surface area contributed by atoms with Crippen LogP contribution in [0, 0.1) is 6.92 Å². The Hall–Kier alpha value is -1.70. The second-order valence-corrected chi connectivity index (χ2v) is 9.00. The van der Waals surface area contributed by atoms with E-state index >= 15 is 0 Å². The SMILES string of the molecule is CCCCCCCCCOc1cccc2c(OCCCCCCCCC)c(C)ccc12. The molecule has 0 amide bonds. The molecule has 0 spiro atoms. The molecule has 0 radical (unpaired) electrons. The van der Waals surface area contributed by atoms with E-state index in [0.29, 0.717) is 0 Å². The van der Waals surface area contributed by atoms with Crippen LogP contribution >= 0.6 is 0 Å². The molecule has 2 aromatic rings. The van der Waals surface area contributed by atoms with E-state index < -0.39 is 0 Å². The Bertz CT molecular complexity index is 722. The highest BCUT2D eigenvalue weighted by Gasteiger charge is 2.10. The summed E-state index contributed by atoms with van der Waals surface area (Å²) >= 11 is 0. The molecule has 0 bridgehead atoms. The van der Waals surface area contributed by atoms with E-state index in [9.17, 15) is 0 Å². The quantitative estimate of drug-likeness (QED) is 0.221. The Labute approximate surface area is 191 Å². The molecule has 174 valence electrons. The lowest BCUT2D eigenvalue weighted by molar-refractivity contribution is 0.303. The van der Waals surface area contributed by atoms with Crippen LogP contribution in [0.5, 0.6) is 11.5 Å². The van der Waals surface area contributed by atoms with Gasteiger partial charge < -0.3 is 9.47 Å². The van der Waals surface area contributed by atoms with Gasteiger partial charge in [-0.3, -0.25) is 0 Å². The number of benzene rings is 2. The molecule has 0 aliphatic heterocycles. The van der Waals surface area contributed by atoms with Gasteiger partial charge in [-0.05, 0) is 31.4 Å². The Morgan fingerprint density at radius 3 is 1.71 bits per heavy atom. The van der Waals surface area contributed by atoms with Gasteiger partial charge in [-0.2, -0.15) is 0 Å². The van der Waals surface area contributed by atoms with Gasteiger partial charge in [0, 0.05) is 10.8 Å². The maximum Gasteiger partial charge on any atom is 0.130 e. The van der Waals surface area contributed by atoms with Gasteiger partial charge in [-0.1, -0.05) is 115 Å². The van der Waals surface area contributed by atoms with Crippen LogP contribution in [0.25, 0.3) is 10.8 Å². The molecule has 0 aliphatic carbocycles. The monoisotopic (exact) mass is 426 g/mol. The zero-order chi connectivity index (χ0) is 22.2. The maximum atomic E-state index is 6.27. The molecule has 2 rings (SSSR count). The predicted molar refractivity (Wildman–Crippen MR) is 136 cm³/mol. The number of hydrogen-bond donors (Lipinski definition) is 0. The van der Waals surface area contributed by atoms with Crippen molar-refractivity contribution in [3.05, 3.63) is 35.9 Å². The van der Waals surface area contributed by atoms with Crippen LogP contribution in [0.15, 0.2) is 30.3 Å². The normalized spacial score (nSPS) is 11.2. The zero-order valence-corrected chi connectivity index (χ0v) is 20.5. The number of fused-ring (bicyclic) bond motifs is 1. The predicted octanol–water partition coefficient (Wildman–Crippen LogP) is 9.41. The van der Waals surface area contributed by atoms with Gasteiger partial charge in [0.2, 0.25) is 0 Å². The molecule has 0 saturated heterocycles. The molecule has 31 heavy (non-hydrogen) atoms. The van der Waals surface area contributed by atoms with Crippen LogP contribution < -0.4 is 9.47 Å². The van der Waals surface area contributed by atoms with Gasteiger partial charge in [0.15, 0.2) is 0 Å². The van der Waals surface area contributed by atoms with Crippen molar-refractivity contribution in [1.29, 1.82) is 0 Å². The Balaban J connectivity index is 1.81. The molecule has 0 atom stereocenters. The van der Waals surface area contributed by atoms with Gasteiger partial charge in [0.05, 0.1) is 13.2 Å². The topological polar surface area (TPSA) is 18.5 Å². The van der Waals surface area contributed by atoms with E-state index in [2.05, 4.69) is 51.1 Å². The fourth-order valence-electron chi connectivity index (χ4n) is 4.20. The zero-order valence-electron chi connectivity index (χ0n) is 20.5. The highest BCUT2D eigenvalue weighted by Crippen LogP contribution is 2.35. The van der Waals surface area contributed by atoms with Crippen LogP contribution in [-0.4, -0.2) is 13.2 Å². The number of unbranched alkanes of at least 4 members (excludes halogenated alkanes) is 12. The summed E-state index contributed by atoms with van der Waals surface area (Å²) in [4.78, 5) is 0. The minimum Gasteiger partial charge on any atom is -0.493 e. The van der Waals surface area contributed by atoms with Crippen molar-refractivity contribution in [1.82, 2.24) is 0 Å². The molecule has 0 aliphatic rings. The molecule has 0 N–H and O–H groups in total. The summed E-state index contributed by atoms with van der Waals surface area (Å²) in [6.45, 7) is 8.29. The second-order valence-electron chi connectivity index (χ2n) is 9.00. The van der Waals surface area contributed by atoms with Crippen LogP contribution in [0.2, 0.25) is 0 Å². The number of ether oxygens (including phenoxy) is 2. The summed E-state index contributed by atoms with van der Waals surface area (Å²) in [5.41, 5.74) is 1.21. The van der Waals surface area contributed by atoms with Crippen molar-refractivity contribution >= 4 is 10.8 Å². The second kappa shape index (κ2) is 16.0. The largest absolute Gasteiger partial charge is 0.493 e. The lowest BCUT2D eigenvalue weighted by Gasteiger charge is -2.15. The first kappa shape index (κ1) is 25.6. The van der Waals surface area contributed by atoms with Gasteiger partial charge in [-0.25, -0.2) is 0 Å². The van der Waals surface area contributed by atoms with E-state index in [0.717, 1.165) is 37.6 Å². The number of rotatable bonds is 18. The summed E-state index contributed by atoms with van der Waals surface area (Å²) in [7, 11) is 0. The first-order chi connectivity index (χ1) is 15.3. The number of hydrogen-bond acceptors (Lipinski definition) is 2. The van der Waals surface area contributed by atoms with Crippen molar-refractivity contribution < 1.29 is 9.47 Å². The first-order valence-corrected chi connectivity index (χ1v) is 13.1. The third-order valence-electron chi connectivity index (χ3n) is 6.17. The smallest absolute Gasteiger partial charge is 0.130 e. The summed E-state index contributed by atoms with van der Waals surface area (Å²) in [6.07, 6.45) is 18.3. The minimum absolute atomic E-state index is 0.801. The highest BCUT2D eigenvalue weighted by molar-refractivity contribution is 5.94. The molecule has 0 aromatic heterocycles. The molecule has 0 saturated carbocycles. The average Bonchev–Trinajstić information content (AvgIpc) is 2.78. The standard InChI is InChI=1S/C29H46O2/c1-4-6-8-10-12-14-16-23-30-28-20-18-19-27-26(28)22-21-25(3)29(27)31-24-17-15-13-11-9-7-5-2/h18-22H,4-17,23-24H2,1-3H3. The van der Waals surface area contributed by atoms with E-state index in [1.54, 1.807) is 0 Å². The van der Waals surface area contributed by atoms with Crippen LogP contribution in [0.1, 0.15) is 109 Å². The maximum absolute atomic E-state index is 6.27. The van der Waals surface area contributed by atoms with Crippen LogP contribution in [-0.2, 0) is 0 Å². The molecule has 2 nitrogen and oxygen atoms in total. The third-order valence-corrected chi connectivity index (χ3v) is 6.17. The fraction of sp³-hybridized carbons (Fsp3) is 0.655. The fourth-order valence-corrected chi connectivity index (χ4v) is 4.20. The molecule has 2 aromatic carbocycles. The highest BCUT2D eigenvalue weighted by atomic mass is 16.5. The lowest BCUT2D eigenvalue weighted by atomic mass is 10.0. The summed E-state index contributed by atoms with van der Waals surface area (Å²) < 4.78 is 12.4. The van der Waals surface area contributed by atoms with Crippen LogP contribution in [0.3, 0.4) is 0 Å². The Morgan fingerprint density at radius 2 is 1.10 bits per heavy atom. The Morgan fingerprint density at radius 1 is 0.548 bits per heavy atom. The van der Waals surface area contributed by atoms with Crippen molar-refractivity contribution in [3.8, 4) is 11.5 Å². The summed E-state index contributed by atoms with van der Waals surface area (Å²) in [5.74, 6) is 2.02. The summed E-state index contributed by atoms with van der Waals surface area (Å²) in [6, 6.07) is 10.7. The van der Waals surface area contributed by atoms with Gasteiger partial charge >= 0.3 is 0 Å². The molecule has 0 fully saturated rings. The molecular formula is C29H46O2. The molecule has 0 unspecified atom stereocenters. The average molecular weight is 427 g/mol. The van der Waals surface area contributed by atoms with E-state index in [1.807, 2.05) is 0 Å². The van der Waals surface area contributed by atoms with Crippen LogP contribution in [0.4, 0.5) is 0 Å². The van der Waals surface area contributed by atoms with E-state index in [4.69, 9.17) is 9.47 Å². The molecule has 0 heterocycles. The van der Waals surface area contributed by atoms with E-state index in [-0.39, 0.29) is 0 Å². The van der Waals surface area contributed by atoms with Gasteiger partial charge in [0.1, 0.15) is 11.5 Å². The van der Waals surface area contributed by atoms with Crippen molar-refractivity contribution in [2.45, 2.75) is 111 Å². The lowest BCUT2D eigenvalue weighted by Crippen LogP contribution is -2.01. The number of aryl methyl sites for hydroxylation is 1. The van der Waals surface area contributed by atoms with E-state index in [1.165, 1.54) is 93.4 Å². The molecule has 2 heteroatoms. The van der Waals surface area contributed by atoms with Crippen molar-refractivity contribution in [2.24, 2.45) is 0 Å². The minimum atomic E-state index is 0.801. The van der Waals surface area contributed by atoms with Crippen molar-refractivity contribution in [2.75, 3.05) is 13.2 Å². The first-order valence-electron chi connectivity index (χ1n) is 13.1. The molecular weight excluding hydrogens is 380 g/mol. The van der Waals surface area contributed by atoms with Gasteiger partial charge in [-0.15, -0.1) is 0 Å².